The third-order valence-corrected chi connectivity index (χ3v) is 8.71. The van der Waals surface area contributed by atoms with Gasteiger partial charge in [0.05, 0.1) is 12.9 Å². The quantitative estimate of drug-likeness (QED) is 0.486. The Morgan fingerprint density at radius 3 is 2.73 bits per heavy atom. The molecule has 3 unspecified atom stereocenters. The lowest BCUT2D eigenvalue weighted by Gasteiger charge is -2.53. The summed E-state index contributed by atoms with van der Waals surface area (Å²) in [4.78, 5) is 11.9. The number of allylic oxidation sites excluding steroid dienone is 6. The van der Waals surface area contributed by atoms with Crippen LogP contribution in [0.25, 0.3) is 0 Å². The molecule has 5 rings (SSSR count). The van der Waals surface area contributed by atoms with Gasteiger partial charge in [-0.05, 0) is 62.0 Å². The molecule has 0 bridgehead atoms. The fourth-order valence-corrected chi connectivity index (χ4v) is 7.06. The van der Waals surface area contributed by atoms with Gasteiger partial charge in [0.2, 0.25) is 0 Å². The first-order chi connectivity index (χ1) is 12.4. The van der Waals surface area contributed by atoms with Gasteiger partial charge in [-0.15, -0.1) is 0 Å². The largest absolute Gasteiger partial charge is 0.501 e. The molecule has 5 atom stereocenters. The van der Waals surface area contributed by atoms with Crippen molar-refractivity contribution in [1.29, 1.82) is 0 Å². The highest BCUT2D eigenvalue weighted by atomic mass is 16.6. The molecule has 0 aromatic carbocycles. The smallest absolute Gasteiger partial charge is 0.306 e. The predicted molar refractivity (Wildman–Crippen MR) is 100 cm³/mol. The summed E-state index contributed by atoms with van der Waals surface area (Å²) in [5.74, 6) is 2.38. The SMILES string of the molecule is COC1=CC2=CCC3C(=CC[C@@]4(C)C3CCC43CCC(=O)O3)[C@@]2(C)CC1. The number of hydrogen-bond donors (Lipinski definition) is 0. The molecule has 1 saturated carbocycles. The molecule has 0 aromatic heterocycles. The number of rotatable bonds is 1. The molecule has 1 heterocycles. The zero-order chi connectivity index (χ0) is 18.2. The van der Waals surface area contributed by atoms with Gasteiger partial charge < -0.3 is 9.47 Å². The van der Waals surface area contributed by atoms with E-state index in [4.69, 9.17) is 9.47 Å². The van der Waals surface area contributed by atoms with E-state index in [9.17, 15) is 4.79 Å². The van der Waals surface area contributed by atoms with Crippen LogP contribution in [-0.2, 0) is 14.3 Å². The molecule has 3 heteroatoms. The van der Waals surface area contributed by atoms with Crippen LogP contribution in [-0.4, -0.2) is 18.7 Å². The minimum Gasteiger partial charge on any atom is -0.501 e. The Morgan fingerprint density at radius 1 is 1.15 bits per heavy atom. The third kappa shape index (κ3) is 1.92. The minimum absolute atomic E-state index is 0.0175. The van der Waals surface area contributed by atoms with Gasteiger partial charge in [0, 0.05) is 23.7 Å². The van der Waals surface area contributed by atoms with E-state index >= 15 is 0 Å². The summed E-state index contributed by atoms with van der Waals surface area (Å²) in [7, 11) is 1.78. The highest BCUT2D eigenvalue weighted by Crippen LogP contribution is 2.67. The van der Waals surface area contributed by atoms with Crippen molar-refractivity contribution in [3.63, 3.8) is 0 Å². The van der Waals surface area contributed by atoms with E-state index < -0.39 is 0 Å². The maximum Gasteiger partial charge on any atom is 0.306 e. The normalized spacial score (nSPS) is 46.6. The van der Waals surface area contributed by atoms with E-state index in [1.807, 2.05) is 0 Å². The molecular formula is C23H30O3. The average Bonchev–Trinajstić information content (AvgIpc) is 3.15. The summed E-state index contributed by atoms with van der Waals surface area (Å²) in [6.45, 7) is 4.84. The van der Waals surface area contributed by atoms with Gasteiger partial charge in [0.1, 0.15) is 5.60 Å². The number of carbonyl (C=O) groups excluding carboxylic acids is 1. The Kier molecular flexibility index (Phi) is 3.37. The van der Waals surface area contributed by atoms with E-state index in [1.165, 1.54) is 12.0 Å². The van der Waals surface area contributed by atoms with Crippen LogP contribution in [0.4, 0.5) is 0 Å². The summed E-state index contributed by atoms with van der Waals surface area (Å²) in [5.41, 5.74) is 3.18. The van der Waals surface area contributed by atoms with Crippen LogP contribution >= 0.6 is 0 Å². The van der Waals surface area contributed by atoms with Crippen LogP contribution in [0.15, 0.2) is 35.1 Å². The second-order valence-corrected chi connectivity index (χ2v) is 9.54. The van der Waals surface area contributed by atoms with Crippen molar-refractivity contribution < 1.29 is 14.3 Å². The first-order valence-corrected chi connectivity index (χ1v) is 10.3. The van der Waals surface area contributed by atoms with E-state index in [2.05, 4.69) is 32.1 Å². The summed E-state index contributed by atoms with van der Waals surface area (Å²) >= 11 is 0. The maximum atomic E-state index is 11.9. The number of esters is 1. The van der Waals surface area contributed by atoms with Crippen LogP contribution in [0, 0.1) is 22.7 Å². The second-order valence-electron chi connectivity index (χ2n) is 9.54. The molecule has 0 aromatic rings. The van der Waals surface area contributed by atoms with Crippen molar-refractivity contribution in [3.8, 4) is 0 Å². The Bertz CT molecular complexity index is 759. The molecule has 2 fully saturated rings. The Labute approximate surface area is 156 Å². The summed E-state index contributed by atoms with van der Waals surface area (Å²) in [6, 6.07) is 0. The molecule has 5 aliphatic rings. The zero-order valence-corrected chi connectivity index (χ0v) is 16.3. The Hall–Kier alpha value is -1.51. The highest BCUT2D eigenvalue weighted by Gasteiger charge is 2.65. The van der Waals surface area contributed by atoms with E-state index in [1.54, 1.807) is 12.7 Å². The van der Waals surface area contributed by atoms with Crippen molar-refractivity contribution in [1.82, 2.24) is 0 Å². The lowest BCUT2D eigenvalue weighted by Crippen LogP contribution is -2.50. The van der Waals surface area contributed by atoms with E-state index in [0.29, 0.717) is 18.3 Å². The molecule has 4 aliphatic carbocycles. The van der Waals surface area contributed by atoms with Gasteiger partial charge in [-0.25, -0.2) is 0 Å². The van der Waals surface area contributed by atoms with Gasteiger partial charge >= 0.3 is 5.97 Å². The number of ether oxygens (including phenoxy) is 2. The van der Waals surface area contributed by atoms with Crippen molar-refractivity contribution in [2.45, 2.75) is 70.8 Å². The predicted octanol–water partition coefficient (Wildman–Crippen LogP) is 5.09. The molecule has 1 spiro atoms. The van der Waals surface area contributed by atoms with Crippen LogP contribution in [0.1, 0.15) is 65.2 Å². The standard InChI is InChI=1S/C23H30O3/c1-21-10-6-16(25-3)14-15(21)4-5-17-18(21)7-11-22(2)19(17)8-12-23(22)13-9-20(24)26-23/h4,7,14,17,19H,5-6,8-13H2,1-3H3/t17?,19?,21-,22-,23?/m0/s1. The zero-order valence-electron chi connectivity index (χ0n) is 16.3. The van der Waals surface area contributed by atoms with Gasteiger partial charge in [0.15, 0.2) is 0 Å². The first kappa shape index (κ1) is 16.6. The highest BCUT2D eigenvalue weighted by molar-refractivity contribution is 5.72. The fourth-order valence-electron chi connectivity index (χ4n) is 7.06. The molecular weight excluding hydrogens is 324 g/mol. The average molecular weight is 354 g/mol. The molecule has 3 nitrogen and oxygen atoms in total. The monoisotopic (exact) mass is 354 g/mol. The molecule has 0 N–H and O–H groups in total. The van der Waals surface area contributed by atoms with Crippen molar-refractivity contribution in [2.24, 2.45) is 22.7 Å². The second kappa shape index (κ2) is 5.27. The molecule has 1 saturated heterocycles. The minimum atomic E-state index is -0.197. The summed E-state index contributed by atoms with van der Waals surface area (Å²) in [6.07, 6.45) is 15.4. The van der Waals surface area contributed by atoms with Gasteiger partial charge in [-0.2, -0.15) is 0 Å². The van der Waals surface area contributed by atoms with Gasteiger partial charge in [-0.1, -0.05) is 31.6 Å². The Balaban J connectivity index is 1.53. The molecule has 26 heavy (non-hydrogen) atoms. The third-order valence-electron chi connectivity index (χ3n) is 8.71. The van der Waals surface area contributed by atoms with Crippen LogP contribution in [0.3, 0.4) is 0 Å². The van der Waals surface area contributed by atoms with E-state index in [0.717, 1.165) is 44.3 Å². The number of hydrogen-bond acceptors (Lipinski definition) is 3. The summed E-state index contributed by atoms with van der Waals surface area (Å²) < 4.78 is 11.5. The number of methoxy groups -OCH3 is 1. The van der Waals surface area contributed by atoms with Crippen molar-refractivity contribution in [3.05, 3.63) is 35.1 Å². The lowest BCUT2D eigenvalue weighted by atomic mass is 9.52. The van der Waals surface area contributed by atoms with Crippen LogP contribution in [0.2, 0.25) is 0 Å². The molecule has 140 valence electrons. The van der Waals surface area contributed by atoms with E-state index in [-0.39, 0.29) is 22.4 Å². The number of fused-ring (bicyclic) bond motifs is 6. The van der Waals surface area contributed by atoms with Crippen LogP contribution in [0.5, 0.6) is 0 Å². The van der Waals surface area contributed by atoms with Crippen LogP contribution < -0.4 is 0 Å². The number of carbonyl (C=O) groups is 1. The Morgan fingerprint density at radius 2 is 2.00 bits per heavy atom. The van der Waals surface area contributed by atoms with Crippen molar-refractivity contribution in [2.75, 3.05) is 7.11 Å². The maximum absolute atomic E-state index is 11.9. The summed E-state index contributed by atoms with van der Waals surface area (Å²) in [5, 5.41) is 0. The lowest BCUT2D eigenvalue weighted by molar-refractivity contribution is -0.160. The van der Waals surface area contributed by atoms with Crippen molar-refractivity contribution >= 4 is 5.97 Å². The molecule has 0 radical (unpaired) electrons. The molecule has 1 aliphatic heterocycles. The first-order valence-electron chi connectivity index (χ1n) is 10.3. The topological polar surface area (TPSA) is 35.5 Å². The van der Waals surface area contributed by atoms with Gasteiger partial charge in [0.25, 0.3) is 0 Å². The molecule has 0 amide bonds. The van der Waals surface area contributed by atoms with Gasteiger partial charge in [-0.3, -0.25) is 4.79 Å². The fraction of sp³-hybridized carbons (Fsp3) is 0.696.